The first-order valence-corrected chi connectivity index (χ1v) is 4.37. The molecule has 15 heavy (non-hydrogen) atoms. The standard InChI is InChI=1S/C11H8N2O2/c1-15-11-8(6-12)10(14)7-4-2-3-5-9(7)13-11/h2-5H,1H3,(H,13,14). The van der Waals surface area contributed by atoms with Crippen molar-refractivity contribution in [3.8, 4) is 11.9 Å². The number of hydrogen-bond donors (Lipinski definition) is 1. The summed E-state index contributed by atoms with van der Waals surface area (Å²) >= 11 is 0. The highest BCUT2D eigenvalue weighted by Crippen LogP contribution is 2.15. The second-order valence-corrected chi connectivity index (χ2v) is 3.02. The number of pyridine rings is 1. The molecule has 0 saturated heterocycles. The lowest BCUT2D eigenvalue weighted by atomic mass is 10.1. The lowest BCUT2D eigenvalue weighted by molar-refractivity contribution is 0.398. The molecule has 0 fully saturated rings. The van der Waals surface area contributed by atoms with Crippen LogP contribution in [0.1, 0.15) is 5.56 Å². The van der Waals surface area contributed by atoms with Crippen LogP contribution in [-0.4, -0.2) is 12.1 Å². The highest BCUT2D eigenvalue weighted by molar-refractivity contribution is 5.80. The normalized spacial score (nSPS) is 9.87. The third-order valence-electron chi connectivity index (χ3n) is 2.19. The SMILES string of the molecule is COc1[nH]c2ccccc2c(=O)c1C#N. The van der Waals surface area contributed by atoms with E-state index in [0.717, 1.165) is 0 Å². The highest BCUT2D eigenvalue weighted by atomic mass is 16.5. The van der Waals surface area contributed by atoms with Gasteiger partial charge in [-0.25, -0.2) is 0 Å². The Labute approximate surface area is 85.7 Å². The molecule has 0 amide bonds. The van der Waals surface area contributed by atoms with Gasteiger partial charge in [-0.3, -0.25) is 4.79 Å². The summed E-state index contributed by atoms with van der Waals surface area (Å²) in [6, 6.07) is 8.84. The number of nitrogens with zero attached hydrogens (tertiary/aromatic N) is 1. The van der Waals surface area contributed by atoms with Crippen molar-refractivity contribution in [1.82, 2.24) is 4.98 Å². The molecule has 1 N–H and O–H groups in total. The minimum atomic E-state index is -0.302. The number of H-pyrrole nitrogens is 1. The highest BCUT2D eigenvalue weighted by Gasteiger charge is 2.10. The molecule has 0 unspecified atom stereocenters. The minimum Gasteiger partial charge on any atom is -0.481 e. The van der Waals surface area contributed by atoms with E-state index in [2.05, 4.69) is 4.98 Å². The fourth-order valence-corrected chi connectivity index (χ4v) is 1.47. The average molecular weight is 200 g/mol. The predicted molar refractivity (Wildman–Crippen MR) is 55.8 cm³/mol. The average Bonchev–Trinajstić information content (AvgIpc) is 2.29. The van der Waals surface area contributed by atoms with Gasteiger partial charge in [-0.05, 0) is 12.1 Å². The number of rotatable bonds is 1. The zero-order valence-electron chi connectivity index (χ0n) is 8.07. The first-order valence-electron chi connectivity index (χ1n) is 4.37. The topological polar surface area (TPSA) is 65.9 Å². The number of aromatic amines is 1. The van der Waals surface area contributed by atoms with Gasteiger partial charge in [0.05, 0.1) is 12.6 Å². The van der Waals surface area contributed by atoms with Gasteiger partial charge in [-0.2, -0.15) is 5.26 Å². The summed E-state index contributed by atoms with van der Waals surface area (Å²) < 4.78 is 4.95. The largest absolute Gasteiger partial charge is 0.481 e. The number of fused-ring (bicyclic) bond motifs is 1. The molecule has 0 aliphatic heterocycles. The number of para-hydroxylation sites is 1. The van der Waals surface area contributed by atoms with Crippen molar-refractivity contribution in [2.45, 2.75) is 0 Å². The van der Waals surface area contributed by atoms with E-state index in [9.17, 15) is 4.79 Å². The fraction of sp³-hybridized carbons (Fsp3) is 0.0909. The molecule has 1 aromatic heterocycles. The van der Waals surface area contributed by atoms with E-state index >= 15 is 0 Å². The number of hydrogen-bond acceptors (Lipinski definition) is 3. The lowest BCUT2D eigenvalue weighted by Crippen LogP contribution is -2.10. The maximum atomic E-state index is 11.8. The monoisotopic (exact) mass is 200 g/mol. The summed E-state index contributed by atoms with van der Waals surface area (Å²) in [5.74, 6) is 0.209. The van der Waals surface area contributed by atoms with Gasteiger partial charge in [0.1, 0.15) is 6.07 Å². The van der Waals surface area contributed by atoms with E-state index in [-0.39, 0.29) is 16.9 Å². The van der Waals surface area contributed by atoms with Crippen LogP contribution in [-0.2, 0) is 0 Å². The van der Waals surface area contributed by atoms with Crippen LogP contribution in [0.2, 0.25) is 0 Å². The van der Waals surface area contributed by atoms with Crippen LogP contribution in [0.25, 0.3) is 10.9 Å². The Morgan fingerprint density at radius 1 is 1.40 bits per heavy atom. The Balaban J connectivity index is 2.96. The van der Waals surface area contributed by atoms with Gasteiger partial charge in [0.25, 0.3) is 0 Å². The van der Waals surface area contributed by atoms with Crippen LogP contribution in [0.3, 0.4) is 0 Å². The van der Waals surface area contributed by atoms with Gasteiger partial charge in [-0.1, -0.05) is 12.1 Å². The summed E-state index contributed by atoms with van der Waals surface area (Å²) in [4.78, 5) is 14.7. The molecule has 0 bridgehead atoms. The molecule has 74 valence electrons. The number of benzene rings is 1. The van der Waals surface area contributed by atoms with Crippen molar-refractivity contribution < 1.29 is 4.74 Å². The zero-order chi connectivity index (χ0) is 10.8. The Bertz CT molecular complexity index is 608. The van der Waals surface area contributed by atoms with Crippen molar-refractivity contribution in [1.29, 1.82) is 5.26 Å². The Morgan fingerprint density at radius 3 is 2.80 bits per heavy atom. The summed E-state index contributed by atoms with van der Waals surface area (Å²) in [5, 5.41) is 9.34. The van der Waals surface area contributed by atoms with E-state index in [1.807, 2.05) is 12.1 Å². The lowest BCUT2D eigenvalue weighted by Gasteiger charge is -2.04. The van der Waals surface area contributed by atoms with Crippen LogP contribution in [0.4, 0.5) is 0 Å². The number of ether oxygens (including phenoxy) is 1. The molecule has 0 saturated carbocycles. The van der Waals surface area contributed by atoms with E-state index in [0.29, 0.717) is 10.9 Å². The number of methoxy groups -OCH3 is 1. The van der Waals surface area contributed by atoms with Crippen molar-refractivity contribution in [3.63, 3.8) is 0 Å². The number of aromatic nitrogens is 1. The molecule has 2 aromatic rings. The van der Waals surface area contributed by atoms with Crippen LogP contribution >= 0.6 is 0 Å². The molecule has 2 rings (SSSR count). The van der Waals surface area contributed by atoms with E-state index in [1.54, 1.807) is 18.2 Å². The first kappa shape index (κ1) is 9.28. The third kappa shape index (κ3) is 1.34. The maximum Gasteiger partial charge on any atom is 0.213 e. The first-order chi connectivity index (χ1) is 7.27. The number of nitrogens with one attached hydrogen (secondary N) is 1. The zero-order valence-corrected chi connectivity index (χ0v) is 8.07. The van der Waals surface area contributed by atoms with Crippen LogP contribution in [0, 0.1) is 11.3 Å². The Kier molecular flexibility index (Phi) is 2.14. The Hall–Kier alpha value is -2.28. The van der Waals surface area contributed by atoms with Gasteiger partial charge < -0.3 is 9.72 Å². The van der Waals surface area contributed by atoms with Gasteiger partial charge in [0, 0.05) is 5.39 Å². The smallest absolute Gasteiger partial charge is 0.213 e. The minimum absolute atomic E-state index is 0.0104. The molecule has 0 aliphatic carbocycles. The van der Waals surface area contributed by atoms with Crippen LogP contribution in [0.5, 0.6) is 5.88 Å². The third-order valence-corrected chi connectivity index (χ3v) is 2.19. The number of nitriles is 1. The molecule has 0 aliphatic rings. The summed E-state index contributed by atoms with van der Waals surface area (Å²) in [6.45, 7) is 0. The molecule has 0 radical (unpaired) electrons. The van der Waals surface area contributed by atoms with Crippen molar-refractivity contribution >= 4 is 10.9 Å². The van der Waals surface area contributed by atoms with Crippen molar-refractivity contribution in [2.24, 2.45) is 0 Å². The molecule has 0 spiro atoms. The van der Waals surface area contributed by atoms with Crippen molar-refractivity contribution in [2.75, 3.05) is 7.11 Å². The van der Waals surface area contributed by atoms with Gasteiger partial charge in [0.15, 0.2) is 5.56 Å². The van der Waals surface area contributed by atoms with Gasteiger partial charge in [0.2, 0.25) is 11.3 Å². The molecule has 1 aromatic carbocycles. The quantitative estimate of drug-likeness (QED) is 0.756. The molecular formula is C11H8N2O2. The van der Waals surface area contributed by atoms with Crippen molar-refractivity contribution in [3.05, 3.63) is 40.1 Å². The second kappa shape index (κ2) is 3.46. The molecule has 1 heterocycles. The van der Waals surface area contributed by atoms with Gasteiger partial charge in [-0.15, -0.1) is 0 Å². The summed E-state index contributed by atoms with van der Waals surface area (Å²) in [6.07, 6.45) is 0. The van der Waals surface area contributed by atoms with E-state index in [4.69, 9.17) is 10.00 Å². The molecule has 0 atom stereocenters. The van der Waals surface area contributed by atoms with E-state index < -0.39 is 0 Å². The molecular weight excluding hydrogens is 192 g/mol. The second-order valence-electron chi connectivity index (χ2n) is 3.02. The maximum absolute atomic E-state index is 11.8. The van der Waals surface area contributed by atoms with Crippen LogP contribution < -0.4 is 10.2 Å². The van der Waals surface area contributed by atoms with E-state index in [1.165, 1.54) is 7.11 Å². The summed E-state index contributed by atoms with van der Waals surface area (Å²) in [5.41, 5.74) is 0.373. The molecule has 4 nitrogen and oxygen atoms in total. The Morgan fingerprint density at radius 2 is 2.13 bits per heavy atom. The molecule has 4 heteroatoms. The predicted octanol–water partition coefficient (Wildman–Crippen LogP) is 1.41. The van der Waals surface area contributed by atoms with Crippen LogP contribution in [0.15, 0.2) is 29.1 Å². The van der Waals surface area contributed by atoms with Gasteiger partial charge >= 0.3 is 0 Å². The summed E-state index contributed by atoms with van der Waals surface area (Å²) in [7, 11) is 1.42. The fourth-order valence-electron chi connectivity index (χ4n) is 1.47.